The molecule has 2 aromatic heterocycles. The molecule has 84 valence electrons. The van der Waals surface area contributed by atoms with Crippen molar-refractivity contribution in [3.05, 3.63) is 27.7 Å². The van der Waals surface area contributed by atoms with Gasteiger partial charge in [-0.25, -0.2) is 9.97 Å². The smallest absolute Gasteiger partial charge is 0.223 e. The van der Waals surface area contributed by atoms with Crippen molar-refractivity contribution >= 4 is 28.5 Å². The lowest BCUT2D eigenvalue weighted by atomic mass is 10.4. The van der Waals surface area contributed by atoms with Crippen LogP contribution in [0.25, 0.3) is 0 Å². The van der Waals surface area contributed by atoms with Gasteiger partial charge < -0.3 is 9.84 Å². The maximum Gasteiger partial charge on any atom is 0.223 e. The van der Waals surface area contributed by atoms with Gasteiger partial charge in [-0.15, -0.1) is 0 Å². The minimum absolute atomic E-state index is 0.584. The Hall–Kier alpha value is -1.25. The van der Waals surface area contributed by atoms with Gasteiger partial charge in [0.15, 0.2) is 5.82 Å². The van der Waals surface area contributed by atoms with Gasteiger partial charge in [0.25, 0.3) is 0 Å². The summed E-state index contributed by atoms with van der Waals surface area (Å²) < 4.78 is 5.87. The molecule has 16 heavy (non-hydrogen) atoms. The highest BCUT2D eigenvalue weighted by atomic mass is 127. The van der Waals surface area contributed by atoms with Gasteiger partial charge in [0, 0.05) is 35.9 Å². The second-order valence-electron chi connectivity index (χ2n) is 3.13. The standard InChI is InChI=1S/C9H10IN5O/c1-6-14-8(15-16-6)2-3-11-9-12-4-7(10)5-13-9/h4-5H,2-3H2,1H3,(H,11,12,13). The van der Waals surface area contributed by atoms with Gasteiger partial charge in [0.1, 0.15) is 0 Å². The highest BCUT2D eigenvalue weighted by molar-refractivity contribution is 14.1. The van der Waals surface area contributed by atoms with Crippen molar-refractivity contribution in [3.63, 3.8) is 0 Å². The van der Waals surface area contributed by atoms with Gasteiger partial charge >= 0.3 is 0 Å². The van der Waals surface area contributed by atoms with E-state index < -0.39 is 0 Å². The number of rotatable bonds is 4. The lowest BCUT2D eigenvalue weighted by Gasteiger charge is -2.01. The predicted molar refractivity (Wildman–Crippen MR) is 66.0 cm³/mol. The lowest BCUT2D eigenvalue weighted by molar-refractivity contribution is 0.387. The minimum Gasteiger partial charge on any atom is -0.354 e. The molecule has 0 aliphatic rings. The molecule has 0 aliphatic carbocycles. The normalized spacial score (nSPS) is 10.4. The quantitative estimate of drug-likeness (QED) is 0.854. The van der Waals surface area contributed by atoms with Crippen LogP contribution in [0.3, 0.4) is 0 Å². The Morgan fingerprint density at radius 3 is 2.75 bits per heavy atom. The van der Waals surface area contributed by atoms with Crippen LogP contribution < -0.4 is 5.32 Å². The molecule has 0 aromatic carbocycles. The monoisotopic (exact) mass is 331 g/mol. The fourth-order valence-corrected chi connectivity index (χ4v) is 1.41. The van der Waals surface area contributed by atoms with E-state index in [1.54, 1.807) is 19.3 Å². The maximum atomic E-state index is 4.86. The summed E-state index contributed by atoms with van der Waals surface area (Å²) in [5.74, 6) is 1.89. The predicted octanol–water partition coefficient (Wildman–Crippen LogP) is 1.43. The molecule has 0 fully saturated rings. The first-order chi connectivity index (χ1) is 7.74. The molecule has 2 rings (SSSR count). The number of nitrogens with one attached hydrogen (secondary N) is 1. The number of nitrogens with zero attached hydrogens (tertiary/aromatic N) is 4. The summed E-state index contributed by atoms with van der Waals surface area (Å²) in [6, 6.07) is 0. The molecule has 0 spiro atoms. The average molecular weight is 331 g/mol. The third kappa shape index (κ3) is 3.12. The Morgan fingerprint density at radius 2 is 2.12 bits per heavy atom. The summed E-state index contributed by atoms with van der Waals surface area (Å²) in [4.78, 5) is 12.3. The van der Waals surface area contributed by atoms with Gasteiger partial charge in [-0.3, -0.25) is 0 Å². The number of aromatic nitrogens is 4. The Bertz CT molecular complexity index is 455. The third-order valence-electron chi connectivity index (χ3n) is 1.82. The van der Waals surface area contributed by atoms with E-state index in [0.29, 0.717) is 30.6 Å². The second kappa shape index (κ2) is 5.19. The molecule has 0 amide bonds. The zero-order chi connectivity index (χ0) is 11.4. The van der Waals surface area contributed by atoms with Crippen LogP contribution in [0.2, 0.25) is 0 Å². The van der Waals surface area contributed by atoms with Crippen molar-refractivity contribution in [1.82, 2.24) is 20.1 Å². The van der Waals surface area contributed by atoms with Crippen LogP contribution in [0.1, 0.15) is 11.7 Å². The minimum atomic E-state index is 0.584. The fraction of sp³-hybridized carbons (Fsp3) is 0.333. The topological polar surface area (TPSA) is 76.7 Å². The SMILES string of the molecule is Cc1nc(CCNc2ncc(I)cn2)no1. The molecular formula is C9H10IN5O. The first kappa shape index (κ1) is 11.2. The van der Waals surface area contributed by atoms with E-state index in [-0.39, 0.29) is 0 Å². The van der Waals surface area contributed by atoms with Crippen molar-refractivity contribution in [3.8, 4) is 0 Å². The van der Waals surface area contributed by atoms with E-state index in [9.17, 15) is 0 Å². The Balaban J connectivity index is 1.82. The molecule has 0 bridgehead atoms. The van der Waals surface area contributed by atoms with E-state index in [4.69, 9.17) is 4.52 Å². The molecule has 0 atom stereocenters. The zero-order valence-electron chi connectivity index (χ0n) is 8.64. The first-order valence-corrected chi connectivity index (χ1v) is 5.82. The molecule has 0 unspecified atom stereocenters. The lowest BCUT2D eigenvalue weighted by Crippen LogP contribution is -2.08. The van der Waals surface area contributed by atoms with Crippen LogP contribution in [-0.4, -0.2) is 26.7 Å². The van der Waals surface area contributed by atoms with Gasteiger partial charge in [0.2, 0.25) is 11.8 Å². The highest BCUT2D eigenvalue weighted by Crippen LogP contribution is 2.03. The van der Waals surface area contributed by atoms with E-state index in [0.717, 1.165) is 3.57 Å². The van der Waals surface area contributed by atoms with Crippen molar-refractivity contribution in [2.45, 2.75) is 13.3 Å². The summed E-state index contributed by atoms with van der Waals surface area (Å²) in [6.45, 7) is 2.45. The average Bonchev–Trinajstić information content (AvgIpc) is 2.67. The molecule has 0 saturated carbocycles. The van der Waals surface area contributed by atoms with Crippen molar-refractivity contribution in [2.24, 2.45) is 0 Å². The third-order valence-corrected chi connectivity index (χ3v) is 2.38. The number of halogens is 1. The molecule has 0 aliphatic heterocycles. The zero-order valence-corrected chi connectivity index (χ0v) is 10.8. The van der Waals surface area contributed by atoms with E-state index in [1.807, 2.05) is 0 Å². The fourth-order valence-electron chi connectivity index (χ4n) is 1.13. The van der Waals surface area contributed by atoms with E-state index in [2.05, 4.69) is 48.0 Å². The van der Waals surface area contributed by atoms with Gasteiger partial charge in [-0.2, -0.15) is 4.98 Å². The number of hydrogen-bond donors (Lipinski definition) is 1. The number of hydrogen-bond acceptors (Lipinski definition) is 6. The Kier molecular flexibility index (Phi) is 3.65. The number of aryl methyl sites for hydroxylation is 1. The van der Waals surface area contributed by atoms with Crippen molar-refractivity contribution < 1.29 is 4.52 Å². The molecule has 0 saturated heterocycles. The second-order valence-corrected chi connectivity index (χ2v) is 4.38. The molecule has 2 heterocycles. The first-order valence-electron chi connectivity index (χ1n) is 4.74. The summed E-state index contributed by atoms with van der Waals surface area (Å²) in [6.07, 6.45) is 4.20. The summed E-state index contributed by atoms with van der Waals surface area (Å²) in [7, 11) is 0. The Morgan fingerprint density at radius 1 is 1.38 bits per heavy atom. The Labute approximate surface area is 106 Å². The summed E-state index contributed by atoms with van der Waals surface area (Å²) in [5.41, 5.74) is 0. The van der Waals surface area contributed by atoms with Crippen LogP contribution in [0.15, 0.2) is 16.9 Å². The van der Waals surface area contributed by atoms with Crippen LogP contribution >= 0.6 is 22.6 Å². The van der Waals surface area contributed by atoms with Crippen molar-refractivity contribution in [1.29, 1.82) is 0 Å². The molecule has 6 nitrogen and oxygen atoms in total. The maximum absolute atomic E-state index is 4.86. The molecular weight excluding hydrogens is 321 g/mol. The van der Waals surface area contributed by atoms with E-state index in [1.165, 1.54) is 0 Å². The van der Waals surface area contributed by atoms with Gasteiger partial charge in [-0.1, -0.05) is 5.16 Å². The highest BCUT2D eigenvalue weighted by Gasteiger charge is 2.02. The summed E-state index contributed by atoms with van der Waals surface area (Å²) >= 11 is 2.16. The van der Waals surface area contributed by atoms with Crippen LogP contribution in [0.5, 0.6) is 0 Å². The van der Waals surface area contributed by atoms with Crippen LogP contribution in [0, 0.1) is 10.5 Å². The van der Waals surface area contributed by atoms with Crippen molar-refractivity contribution in [2.75, 3.05) is 11.9 Å². The number of anilines is 1. The van der Waals surface area contributed by atoms with Crippen LogP contribution in [-0.2, 0) is 6.42 Å². The molecule has 0 radical (unpaired) electrons. The van der Waals surface area contributed by atoms with Gasteiger partial charge in [-0.05, 0) is 22.6 Å². The van der Waals surface area contributed by atoms with Gasteiger partial charge in [0.05, 0.1) is 0 Å². The molecule has 7 heteroatoms. The molecule has 1 N–H and O–H groups in total. The largest absolute Gasteiger partial charge is 0.354 e. The summed E-state index contributed by atoms with van der Waals surface area (Å²) in [5, 5.41) is 6.88. The molecule has 2 aromatic rings. The van der Waals surface area contributed by atoms with Crippen LogP contribution in [0.4, 0.5) is 5.95 Å². The van der Waals surface area contributed by atoms with E-state index >= 15 is 0 Å².